The van der Waals surface area contributed by atoms with Crippen LogP contribution < -0.4 is 4.90 Å². The highest BCUT2D eigenvalue weighted by atomic mass is 32.2. The second-order valence-electron chi connectivity index (χ2n) is 7.35. The van der Waals surface area contributed by atoms with Crippen molar-refractivity contribution in [1.82, 2.24) is 4.98 Å². The minimum Gasteiger partial charge on any atom is -0.348 e. The Morgan fingerprint density at radius 1 is 0.968 bits per heavy atom. The molecule has 2 heterocycles. The summed E-state index contributed by atoms with van der Waals surface area (Å²) in [5.74, 6) is -3.71. The Hall–Kier alpha value is -2.46. The predicted molar refractivity (Wildman–Crippen MR) is 110 cm³/mol. The summed E-state index contributed by atoms with van der Waals surface area (Å²) in [6.45, 7) is 0.843. The number of aromatic nitrogens is 1. The van der Waals surface area contributed by atoms with E-state index < -0.39 is 43.3 Å². The minimum atomic E-state index is -3.91. The predicted octanol–water partition coefficient (Wildman–Crippen LogP) is 4.73. The molecule has 0 saturated carbocycles. The Morgan fingerprint density at radius 2 is 1.71 bits per heavy atom. The fraction of sp³-hybridized carbons (Fsp3) is 0.286. The van der Waals surface area contributed by atoms with Gasteiger partial charge in [-0.25, -0.2) is 31.0 Å². The SMILES string of the molecule is O=S(=O)(c1ccc(F)cc1F)C1CCN(c2nc(Cc3ccc(F)c(F)c3)cs2)CC1. The molecule has 1 aliphatic heterocycles. The number of hydrogen-bond acceptors (Lipinski definition) is 5. The van der Waals surface area contributed by atoms with Crippen LogP contribution >= 0.6 is 11.3 Å². The van der Waals surface area contributed by atoms with Crippen molar-refractivity contribution in [2.75, 3.05) is 18.0 Å². The first-order valence-corrected chi connectivity index (χ1v) is 12.0. The average molecular weight is 471 g/mol. The van der Waals surface area contributed by atoms with Crippen molar-refractivity contribution in [3.8, 4) is 0 Å². The van der Waals surface area contributed by atoms with Crippen LogP contribution in [0.4, 0.5) is 22.7 Å². The molecular formula is C21H18F4N2O2S2. The van der Waals surface area contributed by atoms with Gasteiger partial charge in [-0.15, -0.1) is 11.3 Å². The summed E-state index contributed by atoms with van der Waals surface area (Å²) in [6, 6.07) is 6.20. The third-order valence-corrected chi connectivity index (χ3v) is 8.50. The molecule has 0 amide bonds. The lowest BCUT2D eigenvalue weighted by molar-refractivity contribution is 0.507. The van der Waals surface area contributed by atoms with Gasteiger partial charge in [0.1, 0.15) is 16.5 Å². The molecule has 0 unspecified atom stereocenters. The van der Waals surface area contributed by atoms with E-state index in [1.807, 2.05) is 10.3 Å². The largest absolute Gasteiger partial charge is 0.348 e. The van der Waals surface area contributed by atoms with Crippen LogP contribution in [0.25, 0.3) is 0 Å². The normalized spacial score (nSPS) is 15.4. The van der Waals surface area contributed by atoms with Gasteiger partial charge in [0.2, 0.25) is 0 Å². The number of sulfone groups is 1. The average Bonchev–Trinajstić information content (AvgIpc) is 3.19. The lowest BCUT2D eigenvalue weighted by atomic mass is 10.1. The number of nitrogens with zero attached hydrogens (tertiary/aromatic N) is 2. The van der Waals surface area contributed by atoms with Crippen LogP contribution in [0.1, 0.15) is 24.1 Å². The highest BCUT2D eigenvalue weighted by Gasteiger charge is 2.34. The van der Waals surface area contributed by atoms with E-state index >= 15 is 0 Å². The Balaban J connectivity index is 1.41. The molecule has 0 atom stereocenters. The zero-order valence-electron chi connectivity index (χ0n) is 16.2. The van der Waals surface area contributed by atoms with E-state index in [1.165, 1.54) is 17.4 Å². The zero-order valence-corrected chi connectivity index (χ0v) is 17.8. The summed E-state index contributed by atoms with van der Waals surface area (Å²) in [7, 11) is -3.91. The monoisotopic (exact) mass is 470 g/mol. The van der Waals surface area contributed by atoms with Gasteiger partial charge in [-0.2, -0.15) is 0 Å². The molecule has 4 rings (SSSR count). The molecule has 1 fully saturated rings. The van der Waals surface area contributed by atoms with Gasteiger partial charge in [0.05, 0.1) is 10.9 Å². The van der Waals surface area contributed by atoms with E-state index in [0.29, 0.717) is 42.0 Å². The van der Waals surface area contributed by atoms with Crippen molar-refractivity contribution in [2.45, 2.75) is 29.4 Å². The van der Waals surface area contributed by atoms with Gasteiger partial charge in [0.25, 0.3) is 0 Å². The van der Waals surface area contributed by atoms with E-state index in [0.717, 1.165) is 24.3 Å². The van der Waals surface area contributed by atoms with Crippen molar-refractivity contribution >= 4 is 26.3 Å². The Morgan fingerprint density at radius 3 is 2.39 bits per heavy atom. The summed E-state index contributed by atoms with van der Waals surface area (Å²) < 4.78 is 79.1. The quantitative estimate of drug-likeness (QED) is 0.400. The van der Waals surface area contributed by atoms with Crippen molar-refractivity contribution in [3.05, 3.63) is 76.3 Å². The topological polar surface area (TPSA) is 50.3 Å². The molecule has 164 valence electrons. The Kier molecular flexibility index (Phi) is 6.02. The van der Waals surface area contributed by atoms with E-state index in [9.17, 15) is 26.0 Å². The summed E-state index contributed by atoms with van der Waals surface area (Å²) in [6.07, 6.45) is 0.927. The lowest BCUT2D eigenvalue weighted by Gasteiger charge is -2.31. The molecule has 1 aromatic heterocycles. The number of rotatable bonds is 5. The third-order valence-electron chi connectivity index (χ3n) is 5.26. The maximum Gasteiger partial charge on any atom is 0.185 e. The molecule has 0 bridgehead atoms. The second kappa shape index (κ2) is 8.58. The molecule has 3 aromatic rings. The van der Waals surface area contributed by atoms with Crippen LogP contribution in [-0.2, 0) is 16.3 Å². The van der Waals surface area contributed by atoms with Crippen molar-refractivity contribution in [2.24, 2.45) is 0 Å². The number of halogens is 4. The maximum atomic E-state index is 14.0. The number of piperidine rings is 1. The standard InChI is InChI=1S/C21H18F4N2O2S2/c22-14-2-4-20(19(25)11-14)31(28,29)16-5-7-27(8-6-16)21-26-15(12-30-21)9-13-1-3-17(23)18(24)10-13/h1-4,10-12,16H,5-9H2. The van der Waals surface area contributed by atoms with Gasteiger partial charge in [0, 0.05) is 31.0 Å². The van der Waals surface area contributed by atoms with Crippen molar-refractivity contribution in [1.29, 1.82) is 0 Å². The minimum absolute atomic E-state index is 0.289. The molecule has 31 heavy (non-hydrogen) atoms. The first-order chi connectivity index (χ1) is 14.7. The summed E-state index contributed by atoms with van der Waals surface area (Å²) in [5, 5.41) is 1.78. The second-order valence-corrected chi connectivity index (χ2v) is 10.4. The first-order valence-electron chi connectivity index (χ1n) is 9.56. The molecule has 0 radical (unpaired) electrons. The first kappa shape index (κ1) is 21.8. The van der Waals surface area contributed by atoms with Crippen molar-refractivity contribution in [3.63, 3.8) is 0 Å². The van der Waals surface area contributed by atoms with Gasteiger partial charge >= 0.3 is 0 Å². The highest BCUT2D eigenvalue weighted by molar-refractivity contribution is 7.92. The fourth-order valence-corrected chi connectivity index (χ4v) is 6.28. The van der Waals surface area contributed by atoms with E-state index in [4.69, 9.17) is 0 Å². The molecule has 0 aliphatic carbocycles. The highest BCUT2D eigenvalue weighted by Crippen LogP contribution is 2.30. The maximum absolute atomic E-state index is 14.0. The van der Waals surface area contributed by atoms with Gasteiger partial charge in [0.15, 0.2) is 26.6 Å². The summed E-state index contributed by atoms with van der Waals surface area (Å²) in [4.78, 5) is 6.00. The van der Waals surface area contributed by atoms with Crippen LogP contribution in [0.15, 0.2) is 46.7 Å². The molecule has 1 saturated heterocycles. The van der Waals surface area contributed by atoms with Crippen LogP contribution in [0.3, 0.4) is 0 Å². The molecule has 10 heteroatoms. The van der Waals surface area contributed by atoms with Gasteiger partial charge in [-0.05, 0) is 42.7 Å². The molecule has 0 N–H and O–H groups in total. The summed E-state index contributed by atoms with van der Waals surface area (Å²) in [5.41, 5.74) is 1.30. The Labute approximate surface area is 181 Å². The fourth-order valence-electron chi connectivity index (χ4n) is 3.62. The van der Waals surface area contributed by atoms with Crippen molar-refractivity contribution < 1.29 is 26.0 Å². The van der Waals surface area contributed by atoms with Crippen LogP contribution in [0.5, 0.6) is 0 Å². The van der Waals surface area contributed by atoms with Gasteiger partial charge < -0.3 is 4.90 Å². The number of benzene rings is 2. The number of thiazole rings is 1. The van der Waals surface area contributed by atoms with E-state index in [1.54, 1.807) is 0 Å². The van der Waals surface area contributed by atoms with E-state index in [-0.39, 0.29) is 12.8 Å². The smallest absolute Gasteiger partial charge is 0.185 e. The number of hydrogen-bond donors (Lipinski definition) is 0. The van der Waals surface area contributed by atoms with Gasteiger partial charge in [-0.3, -0.25) is 0 Å². The molecule has 0 spiro atoms. The third kappa shape index (κ3) is 4.59. The van der Waals surface area contributed by atoms with Crippen LogP contribution in [0.2, 0.25) is 0 Å². The zero-order chi connectivity index (χ0) is 22.2. The lowest BCUT2D eigenvalue weighted by Crippen LogP contribution is -2.39. The molecular weight excluding hydrogens is 452 g/mol. The number of anilines is 1. The summed E-state index contributed by atoms with van der Waals surface area (Å²) >= 11 is 1.39. The van der Waals surface area contributed by atoms with Crippen LogP contribution in [0, 0.1) is 23.3 Å². The Bertz CT molecular complexity index is 1210. The van der Waals surface area contributed by atoms with E-state index in [2.05, 4.69) is 4.98 Å². The molecule has 1 aliphatic rings. The van der Waals surface area contributed by atoms with Crippen LogP contribution in [-0.4, -0.2) is 31.7 Å². The molecule has 4 nitrogen and oxygen atoms in total. The van der Waals surface area contributed by atoms with Gasteiger partial charge in [-0.1, -0.05) is 6.07 Å². The molecule has 2 aromatic carbocycles.